The number of benzene rings is 2. The van der Waals surface area contributed by atoms with Crippen LogP contribution in [-0.4, -0.2) is 0 Å². The van der Waals surface area contributed by atoms with E-state index < -0.39 is 0 Å². The van der Waals surface area contributed by atoms with Gasteiger partial charge in [-0.3, -0.25) is 0 Å². The molecule has 19 heavy (non-hydrogen) atoms. The lowest BCUT2D eigenvalue weighted by molar-refractivity contribution is 0.677. The molecular formula is C18H19N. The van der Waals surface area contributed by atoms with Gasteiger partial charge in [-0.1, -0.05) is 56.3 Å². The van der Waals surface area contributed by atoms with Gasteiger partial charge in [0.25, 0.3) is 0 Å². The van der Waals surface area contributed by atoms with Gasteiger partial charge in [0.2, 0.25) is 0 Å². The maximum absolute atomic E-state index is 3.80. The van der Waals surface area contributed by atoms with Crippen molar-refractivity contribution >= 4 is 5.69 Å². The predicted molar refractivity (Wildman–Crippen MR) is 79.8 cm³/mol. The molecule has 1 heteroatoms. The van der Waals surface area contributed by atoms with E-state index >= 15 is 0 Å². The third-order valence-corrected chi connectivity index (χ3v) is 4.68. The van der Waals surface area contributed by atoms with Gasteiger partial charge in [0, 0.05) is 11.6 Å². The molecule has 2 unspecified atom stereocenters. The maximum Gasteiger partial charge on any atom is 0.0589 e. The lowest BCUT2D eigenvalue weighted by atomic mass is 9.92. The summed E-state index contributed by atoms with van der Waals surface area (Å²) in [5, 5.41) is 3.80. The van der Waals surface area contributed by atoms with Crippen LogP contribution < -0.4 is 5.32 Å². The van der Waals surface area contributed by atoms with Crippen LogP contribution >= 0.6 is 0 Å². The quantitative estimate of drug-likeness (QED) is 0.777. The molecule has 0 aromatic heterocycles. The molecule has 0 saturated carbocycles. The van der Waals surface area contributed by atoms with Crippen molar-refractivity contribution in [3.63, 3.8) is 0 Å². The van der Waals surface area contributed by atoms with Crippen LogP contribution in [0.1, 0.15) is 54.0 Å². The molecule has 0 radical (unpaired) electrons. The first kappa shape index (κ1) is 11.1. The lowest BCUT2D eigenvalue weighted by Gasteiger charge is -2.15. The van der Waals surface area contributed by atoms with Crippen LogP contribution in [0.3, 0.4) is 0 Å². The molecular weight excluding hydrogens is 230 g/mol. The fraction of sp³-hybridized carbons (Fsp3) is 0.333. The van der Waals surface area contributed by atoms with Crippen molar-refractivity contribution in [1.29, 1.82) is 0 Å². The summed E-state index contributed by atoms with van der Waals surface area (Å²) in [5.41, 5.74) is 7.41. The standard InChI is InChI=1S/C18H19N/c1-11(2)13-8-5-9-15-16-10-12-6-3-4-7-14(12)18(16)19-17(13)15/h3-9,11,16,18-19H,10H2,1-2H3. The first-order chi connectivity index (χ1) is 9.25. The number of hydrogen-bond donors (Lipinski definition) is 1. The number of fused-ring (bicyclic) bond motifs is 5. The van der Waals surface area contributed by atoms with E-state index in [1.54, 1.807) is 0 Å². The van der Waals surface area contributed by atoms with E-state index in [0.717, 1.165) is 0 Å². The van der Waals surface area contributed by atoms with Crippen LogP contribution in [0, 0.1) is 0 Å². The molecule has 96 valence electrons. The Labute approximate surface area is 114 Å². The Morgan fingerprint density at radius 1 is 1.00 bits per heavy atom. The summed E-state index contributed by atoms with van der Waals surface area (Å²) in [6.45, 7) is 4.55. The first-order valence-corrected chi connectivity index (χ1v) is 7.23. The number of rotatable bonds is 1. The highest BCUT2D eigenvalue weighted by Gasteiger charge is 2.40. The van der Waals surface area contributed by atoms with Crippen molar-refractivity contribution in [1.82, 2.24) is 0 Å². The van der Waals surface area contributed by atoms with Gasteiger partial charge in [-0.05, 0) is 34.6 Å². The topological polar surface area (TPSA) is 12.0 Å². The van der Waals surface area contributed by atoms with E-state index in [1.165, 1.54) is 34.4 Å². The molecule has 1 N–H and O–H groups in total. The molecule has 0 amide bonds. The predicted octanol–water partition coefficient (Wildman–Crippen LogP) is 4.62. The third kappa shape index (κ3) is 1.48. The van der Waals surface area contributed by atoms with Crippen LogP contribution in [0.15, 0.2) is 42.5 Å². The van der Waals surface area contributed by atoms with Gasteiger partial charge in [0.05, 0.1) is 6.04 Å². The van der Waals surface area contributed by atoms with E-state index in [2.05, 4.69) is 61.6 Å². The highest BCUT2D eigenvalue weighted by atomic mass is 15.0. The Morgan fingerprint density at radius 2 is 1.79 bits per heavy atom. The van der Waals surface area contributed by atoms with E-state index in [1.807, 2.05) is 0 Å². The summed E-state index contributed by atoms with van der Waals surface area (Å²) in [6, 6.07) is 16.2. The number of para-hydroxylation sites is 1. The molecule has 1 aliphatic carbocycles. The van der Waals surface area contributed by atoms with Crippen LogP contribution in [0.25, 0.3) is 0 Å². The minimum Gasteiger partial charge on any atom is -0.377 e. The van der Waals surface area contributed by atoms with Crippen molar-refractivity contribution in [3.8, 4) is 0 Å². The lowest BCUT2D eigenvalue weighted by Crippen LogP contribution is -2.06. The minimum absolute atomic E-state index is 0.492. The van der Waals surface area contributed by atoms with Gasteiger partial charge in [-0.2, -0.15) is 0 Å². The zero-order chi connectivity index (χ0) is 13.0. The Bertz CT molecular complexity index is 642. The van der Waals surface area contributed by atoms with Gasteiger partial charge in [0.1, 0.15) is 0 Å². The monoisotopic (exact) mass is 249 g/mol. The number of anilines is 1. The van der Waals surface area contributed by atoms with Gasteiger partial charge >= 0.3 is 0 Å². The van der Waals surface area contributed by atoms with Gasteiger partial charge in [-0.15, -0.1) is 0 Å². The van der Waals surface area contributed by atoms with E-state index in [-0.39, 0.29) is 0 Å². The molecule has 0 bridgehead atoms. The Kier molecular flexibility index (Phi) is 2.26. The molecule has 0 spiro atoms. The largest absolute Gasteiger partial charge is 0.377 e. The smallest absolute Gasteiger partial charge is 0.0589 e. The number of nitrogens with one attached hydrogen (secondary N) is 1. The Hall–Kier alpha value is -1.76. The average Bonchev–Trinajstić information content (AvgIpc) is 2.94. The second kappa shape index (κ2) is 3.86. The highest BCUT2D eigenvalue weighted by molar-refractivity contribution is 5.68. The van der Waals surface area contributed by atoms with Crippen molar-refractivity contribution in [2.75, 3.05) is 5.32 Å². The number of hydrogen-bond acceptors (Lipinski definition) is 1. The van der Waals surface area contributed by atoms with Crippen molar-refractivity contribution < 1.29 is 0 Å². The molecule has 2 aliphatic rings. The van der Waals surface area contributed by atoms with E-state index in [9.17, 15) is 0 Å². The maximum atomic E-state index is 3.80. The molecule has 0 saturated heterocycles. The van der Waals surface area contributed by atoms with Crippen LogP contribution in [0.5, 0.6) is 0 Å². The molecule has 4 rings (SSSR count). The van der Waals surface area contributed by atoms with Crippen molar-refractivity contribution in [2.45, 2.75) is 38.1 Å². The Morgan fingerprint density at radius 3 is 2.63 bits per heavy atom. The highest BCUT2D eigenvalue weighted by Crippen LogP contribution is 2.52. The first-order valence-electron chi connectivity index (χ1n) is 7.23. The SMILES string of the molecule is CC(C)c1cccc2c1NC1c3ccccc3CC21. The summed E-state index contributed by atoms with van der Waals surface area (Å²) in [6.07, 6.45) is 1.18. The fourth-order valence-electron chi connectivity index (χ4n) is 3.76. The summed E-state index contributed by atoms with van der Waals surface area (Å²) in [4.78, 5) is 0. The molecule has 0 fully saturated rings. The van der Waals surface area contributed by atoms with Crippen molar-refractivity contribution in [2.24, 2.45) is 0 Å². The zero-order valence-corrected chi connectivity index (χ0v) is 11.5. The summed E-state index contributed by atoms with van der Waals surface area (Å²) in [5.74, 6) is 1.21. The fourth-order valence-corrected chi connectivity index (χ4v) is 3.76. The minimum atomic E-state index is 0.492. The van der Waals surface area contributed by atoms with E-state index in [4.69, 9.17) is 0 Å². The molecule has 1 aliphatic heterocycles. The van der Waals surface area contributed by atoms with Crippen LogP contribution in [0.4, 0.5) is 5.69 Å². The second-order valence-electron chi connectivity index (χ2n) is 6.10. The molecule has 2 atom stereocenters. The average molecular weight is 249 g/mol. The zero-order valence-electron chi connectivity index (χ0n) is 11.5. The summed E-state index contributed by atoms with van der Waals surface area (Å²) < 4.78 is 0. The second-order valence-corrected chi connectivity index (χ2v) is 6.10. The van der Waals surface area contributed by atoms with Gasteiger partial charge < -0.3 is 5.32 Å². The molecule has 2 aromatic carbocycles. The Balaban J connectivity index is 1.83. The van der Waals surface area contributed by atoms with Gasteiger partial charge in [-0.25, -0.2) is 0 Å². The molecule has 2 aromatic rings. The van der Waals surface area contributed by atoms with Crippen molar-refractivity contribution in [3.05, 3.63) is 64.7 Å². The summed E-state index contributed by atoms with van der Waals surface area (Å²) in [7, 11) is 0. The van der Waals surface area contributed by atoms with Gasteiger partial charge in [0.15, 0.2) is 0 Å². The molecule has 1 nitrogen and oxygen atoms in total. The third-order valence-electron chi connectivity index (χ3n) is 4.68. The van der Waals surface area contributed by atoms with Crippen LogP contribution in [-0.2, 0) is 6.42 Å². The van der Waals surface area contributed by atoms with Crippen LogP contribution in [0.2, 0.25) is 0 Å². The summed E-state index contributed by atoms with van der Waals surface area (Å²) >= 11 is 0. The molecule has 1 heterocycles. The van der Waals surface area contributed by atoms with E-state index in [0.29, 0.717) is 17.9 Å². The normalized spacial score (nSPS) is 22.9.